The molecular formula is C42H54Cl2F6N12O9S2Si2. The summed E-state index contributed by atoms with van der Waals surface area (Å²) < 4.78 is 143. The first-order chi connectivity index (χ1) is 33.9. The number of primary sulfonamides is 1. The lowest BCUT2D eigenvalue weighted by Gasteiger charge is -2.26. The molecule has 0 aliphatic carbocycles. The quantitative estimate of drug-likeness (QED) is 0.0563. The third-order valence-corrected chi connectivity index (χ3v) is 17.0. The van der Waals surface area contributed by atoms with Crippen LogP contribution in [0.4, 0.5) is 26.3 Å². The third-order valence-electron chi connectivity index (χ3n) is 10.3. The van der Waals surface area contributed by atoms with Gasteiger partial charge in [0.2, 0.25) is 21.8 Å². The van der Waals surface area contributed by atoms with Crippen molar-refractivity contribution in [1.29, 1.82) is 0 Å². The Morgan fingerprint density at radius 1 is 0.653 bits per heavy atom. The second-order valence-corrected chi connectivity index (χ2v) is 33.7. The Morgan fingerprint density at radius 2 is 1.03 bits per heavy atom. The second-order valence-electron chi connectivity index (χ2n) is 19.9. The molecular weight excluding hydrogens is 1120 g/mol. The van der Waals surface area contributed by atoms with Gasteiger partial charge in [-0.2, -0.15) is 36.5 Å². The molecule has 21 nitrogen and oxygen atoms in total. The zero-order valence-electron chi connectivity index (χ0n) is 42.3. The summed E-state index contributed by atoms with van der Waals surface area (Å²) in [6.45, 7) is 14.7. The van der Waals surface area contributed by atoms with Gasteiger partial charge in [-0.25, -0.2) is 50.8 Å². The zero-order valence-corrected chi connectivity index (χ0v) is 47.4. The van der Waals surface area contributed by atoms with Gasteiger partial charge in [0.1, 0.15) is 49.5 Å². The number of nitrogens with one attached hydrogen (secondary N) is 1. The van der Waals surface area contributed by atoms with Gasteiger partial charge in [0.15, 0.2) is 11.6 Å². The fourth-order valence-corrected chi connectivity index (χ4v) is 13.1. The Labute approximate surface area is 439 Å². The van der Waals surface area contributed by atoms with Crippen LogP contribution in [0.25, 0.3) is 11.6 Å². The van der Waals surface area contributed by atoms with E-state index in [0.717, 1.165) is 27.7 Å². The van der Waals surface area contributed by atoms with Gasteiger partial charge >= 0.3 is 18.3 Å². The molecule has 4 N–H and O–H groups in total. The molecule has 6 aromatic rings. The Morgan fingerprint density at radius 3 is 1.36 bits per heavy atom. The molecule has 0 saturated heterocycles. The monoisotopic (exact) mass is 1170 g/mol. The topological polar surface area (TPSA) is 276 Å². The predicted molar refractivity (Wildman–Crippen MR) is 269 cm³/mol. The Kier molecular flexibility index (Phi) is 18.4. The number of alkyl halides is 6. The fourth-order valence-electron chi connectivity index (χ4n) is 5.74. The summed E-state index contributed by atoms with van der Waals surface area (Å²) in [5.41, 5.74) is -4.49. The van der Waals surface area contributed by atoms with Crippen molar-refractivity contribution in [3.8, 4) is 23.4 Å². The van der Waals surface area contributed by atoms with E-state index in [-0.39, 0.29) is 54.6 Å². The zero-order chi connectivity index (χ0) is 57.2. The van der Waals surface area contributed by atoms with Crippen LogP contribution in [-0.2, 0) is 34.1 Å². The van der Waals surface area contributed by atoms with Crippen molar-refractivity contribution in [3.63, 3.8) is 0 Å². The van der Waals surface area contributed by atoms with E-state index in [2.05, 4.69) is 30.4 Å². The Balaban J connectivity index is 0.000000272. The van der Waals surface area contributed by atoms with E-state index in [1.54, 1.807) is 14.1 Å². The summed E-state index contributed by atoms with van der Waals surface area (Å²) in [7, 11) is -8.53. The molecule has 0 spiro atoms. The van der Waals surface area contributed by atoms with E-state index in [4.69, 9.17) is 42.9 Å². The normalized spacial score (nSPS) is 12.8. The minimum atomic E-state index is -4.46. The highest BCUT2D eigenvalue weighted by Crippen LogP contribution is 2.39. The van der Waals surface area contributed by atoms with Crippen molar-refractivity contribution in [1.82, 2.24) is 53.8 Å². The van der Waals surface area contributed by atoms with Crippen LogP contribution < -0.4 is 30.0 Å². The summed E-state index contributed by atoms with van der Waals surface area (Å²) in [5, 5.41) is 30.9. The van der Waals surface area contributed by atoms with Crippen LogP contribution in [0.2, 0.25) is 49.6 Å². The summed E-state index contributed by atoms with van der Waals surface area (Å²) in [6, 6.07) is 7.94. The number of ether oxygens (including phenoxy) is 2. The van der Waals surface area contributed by atoms with E-state index in [1.165, 1.54) is 79.9 Å². The summed E-state index contributed by atoms with van der Waals surface area (Å²) >= 11 is 11.9. The largest absolute Gasteiger partial charge is 0.478 e. The third kappa shape index (κ3) is 15.8. The Hall–Kier alpha value is -5.87. The van der Waals surface area contributed by atoms with Gasteiger partial charge in [-0.15, -0.1) is 10.2 Å². The van der Waals surface area contributed by atoms with Gasteiger partial charge < -0.3 is 14.6 Å². The van der Waals surface area contributed by atoms with E-state index in [9.17, 15) is 52.8 Å². The predicted octanol–water partition coefficient (Wildman–Crippen LogP) is 6.48. The number of aromatic nitrogens is 10. The van der Waals surface area contributed by atoms with Crippen LogP contribution in [-0.4, -0.2) is 125 Å². The maximum Gasteiger partial charge on any atom is 0.397 e. The molecule has 0 atom stereocenters. The summed E-state index contributed by atoms with van der Waals surface area (Å²) in [5.74, 6) is -1.98. The van der Waals surface area contributed by atoms with Crippen LogP contribution in [0.5, 0.6) is 11.8 Å². The van der Waals surface area contributed by atoms with Crippen molar-refractivity contribution in [3.05, 3.63) is 82.6 Å². The van der Waals surface area contributed by atoms with Gasteiger partial charge in [-0.3, -0.25) is 14.2 Å². The molecule has 0 unspecified atom stereocenters. The van der Waals surface area contributed by atoms with Crippen molar-refractivity contribution < 1.29 is 67.3 Å². The molecule has 6 heterocycles. The smallest absolute Gasteiger partial charge is 0.397 e. The number of carbonyl (C=O) groups is 2. The van der Waals surface area contributed by atoms with E-state index < -0.39 is 84.5 Å². The average molecular weight is 1180 g/mol. The van der Waals surface area contributed by atoms with E-state index in [0.29, 0.717) is 10.6 Å². The highest BCUT2D eigenvalue weighted by atomic mass is 35.5. The average Bonchev–Trinajstić information content (AvgIpc) is 4.08. The molecule has 75 heavy (non-hydrogen) atoms. The van der Waals surface area contributed by atoms with Crippen molar-refractivity contribution >= 4 is 81.9 Å². The maximum atomic E-state index is 13.0. The minimum Gasteiger partial charge on any atom is -0.478 e. The molecule has 0 aliphatic heterocycles. The van der Waals surface area contributed by atoms with Crippen molar-refractivity contribution in [2.24, 2.45) is 30.1 Å². The number of amides is 1. The van der Waals surface area contributed by atoms with Crippen LogP contribution in [0.15, 0.2) is 71.0 Å². The highest BCUT2D eigenvalue weighted by molar-refractivity contribution is 7.90. The first-order valence-corrected chi connectivity index (χ1v) is 32.5. The number of hydrogen-bond acceptors (Lipinski definition) is 14. The number of halogens is 8. The molecule has 33 heteroatoms. The van der Waals surface area contributed by atoms with E-state index in [1.807, 2.05) is 44.0 Å². The molecule has 0 bridgehead atoms. The molecule has 6 aromatic heterocycles. The van der Waals surface area contributed by atoms with Gasteiger partial charge in [0, 0.05) is 51.0 Å². The van der Waals surface area contributed by atoms with Gasteiger partial charge in [0.05, 0.1) is 32.6 Å². The molecule has 0 fully saturated rings. The molecule has 0 saturated carbocycles. The number of sulfonamides is 2. The number of hydrogen-bond donors (Lipinski definition) is 3. The number of aryl methyl sites for hydroxylation is 2. The number of carbonyl (C=O) groups excluding carboxylic acids is 1. The molecule has 0 aliphatic rings. The second kappa shape index (κ2) is 22.4. The number of carboxylic acid groups (broad SMARTS) is 1. The molecule has 0 aromatic carbocycles. The van der Waals surface area contributed by atoms with Crippen LogP contribution in [0.1, 0.15) is 48.4 Å². The summed E-state index contributed by atoms with van der Waals surface area (Å²) in [6.07, 6.45) is -3.27. The number of nitrogens with two attached hydrogens (primary N) is 1. The minimum absolute atomic E-state index is 0.0208. The number of nitrogens with zero attached hydrogens (tertiary/aromatic N) is 10. The molecule has 1 amide bonds. The fraction of sp³-hybridized carbons (Fsp3) is 0.429. The van der Waals surface area contributed by atoms with Gasteiger partial charge in [-0.05, 0) is 52.0 Å². The van der Waals surface area contributed by atoms with E-state index >= 15 is 0 Å². The standard InChI is InChI=1S/C21H26ClF3N6O4SSi.C14H13ClF3N3O3.C7H15N3O2SSi/c1-20(2,21(23,24)25)12-35-16-9-10-31(27-16)15-8-7-13(17(22)26-15)18(32)29-36(33,34)14-11-30(3)28-19(14)37(4,5)6;1-13(2,14(16,17)18)7-24-10-5-6-21(20-10)9-4-3-8(12(22)23)11(15)19-9;1-10-5-6(13(8,11)12)7(9-10)14(2,3)4/h7-11H,12H2,1-6H3,(H,29,32);3-6H,7H2,1-2H3,(H,22,23);5H,1-4H3,(H2,8,11,12). The van der Waals surface area contributed by atoms with Crippen molar-refractivity contribution in [2.75, 3.05) is 13.2 Å². The van der Waals surface area contributed by atoms with Crippen molar-refractivity contribution in [2.45, 2.75) is 89.1 Å². The SMILES string of the molecule is CC(C)(COc1ccn(-c2ccc(C(=O)O)c(Cl)n2)n1)C(F)(F)F.Cn1cc(S(=O)(=O)NC(=O)c2ccc(-n3ccc(OCC(C)(C)C(F)(F)F)n3)nc2Cl)c([Si](C)(C)C)n1.Cn1cc(S(N)(=O)=O)c([Si](C)(C)C)n1. The highest BCUT2D eigenvalue weighted by Gasteiger charge is 2.49. The number of pyridine rings is 2. The first kappa shape index (κ1) is 61.7. The maximum absolute atomic E-state index is 13.0. The van der Waals surface area contributed by atoms with Crippen LogP contribution in [0.3, 0.4) is 0 Å². The lowest BCUT2D eigenvalue weighted by atomic mass is 9.94. The lowest BCUT2D eigenvalue weighted by molar-refractivity contribution is -0.220. The lowest BCUT2D eigenvalue weighted by Crippen LogP contribution is -2.44. The first-order valence-electron chi connectivity index (χ1n) is 21.7. The molecule has 0 radical (unpaired) electrons. The number of rotatable bonds is 15. The number of carboxylic acids is 1. The van der Waals surface area contributed by atoms with Crippen LogP contribution >= 0.6 is 23.2 Å². The Bertz CT molecular complexity index is 3280. The number of aromatic carboxylic acids is 1. The molecule has 412 valence electrons. The molecule has 6 rings (SSSR count). The van der Waals surface area contributed by atoms with Gasteiger partial charge in [-0.1, -0.05) is 62.5 Å². The van der Waals surface area contributed by atoms with Gasteiger partial charge in [0.25, 0.3) is 15.9 Å². The summed E-state index contributed by atoms with van der Waals surface area (Å²) in [4.78, 5) is 31.7. The van der Waals surface area contributed by atoms with Crippen LogP contribution in [0, 0.1) is 10.8 Å².